The third-order valence-electron chi connectivity index (χ3n) is 3.23. The van der Waals surface area contributed by atoms with Gasteiger partial charge in [0.25, 0.3) is 0 Å². The molecule has 0 radical (unpaired) electrons. The second-order valence-corrected chi connectivity index (χ2v) is 4.88. The topological polar surface area (TPSA) is 55.2 Å². The summed E-state index contributed by atoms with van der Waals surface area (Å²) in [5.41, 5.74) is 2.70. The van der Waals surface area contributed by atoms with Crippen molar-refractivity contribution in [3.05, 3.63) is 78.1 Å². The van der Waals surface area contributed by atoms with Crippen molar-refractivity contribution in [2.45, 2.75) is 13.2 Å². The smallest absolute Gasteiger partial charge is 0.159 e. The molecule has 0 saturated carbocycles. The van der Waals surface area contributed by atoms with Gasteiger partial charge in [-0.3, -0.25) is 0 Å². The van der Waals surface area contributed by atoms with Crippen molar-refractivity contribution >= 4 is 0 Å². The first kappa shape index (κ1) is 14.2. The Morgan fingerprint density at radius 3 is 2.36 bits per heavy atom. The minimum Gasteiger partial charge on any atom is -0.489 e. The molecule has 0 bridgehead atoms. The fraction of sp³-hybridized carbons (Fsp3) is 0.111. The van der Waals surface area contributed by atoms with E-state index < -0.39 is 0 Å². The molecular formula is C18H16N2O2. The molecule has 110 valence electrons. The van der Waals surface area contributed by atoms with Gasteiger partial charge in [0.05, 0.1) is 6.61 Å². The quantitative estimate of drug-likeness (QED) is 0.784. The molecule has 0 amide bonds. The van der Waals surface area contributed by atoms with Gasteiger partial charge in [0.2, 0.25) is 0 Å². The predicted octanol–water partition coefficient (Wildman–Crippen LogP) is 3.21. The van der Waals surface area contributed by atoms with Crippen molar-refractivity contribution in [2.75, 3.05) is 0 Å². The molecule has 3 aromatic rings. The Balaban J connectivity index is 1.74. The van der Waals surface area contributed by atoms with E-state index in [0.29, 0.717) is 18.0 Å². The van der Waals surface area contributed by atoms with Crippen molar-refractivity contribution in [2.24, 2.45) is 0 Å². The zero-order chi connectivity index (χ0) is 15.2. The van der Waals surface area contributed by atoms with E-state index in [2.05, 4.69) is 9.97 Å². The van der Waals surface area contributed by atoms with Crippen molar-refractivity contribution in [1.82, 2.24) is 9.97 Å². The van der Waals surface area contributed by atoms with Crippen LogP contribution < -0.4 is 4.74 Å². The first-order valence-electron chi connectivity index (χ1n) is 7.04. The van der Waals surface area contributed by atoms with Gasteiger partial charge < -0.3 is 9.84 Å². The van der Waals surface area contributed by atoms with Crippen molar-refractivity contribution in [3.8, 4) is 17.1 Å². The van der Waals surface area contributed by atoms with Crippen LogP contribution in [0.4, 0.5) is 0 Å². The second-order valence-electron chi connectivity index (χ2n) is 4.88. The first-order valence-corrected chi connectivity index (χ1v) is 7.04. The van der Waals surface area contributed by atoms with Gasteiger partial charge in [-0.2, -0.15) is 0 Å². The number of aliphatic hydroxyl groups is 1. The molecule has 0 saturated heterocycles. The molecule has 0 unspecified atom stereocenters. The molecule has 22 heavy (non-hydrogen) atoms. The summed E-state index contributed by atoms with van der Waals surface area (Å²) in [7, 11) is 0. The van der Waals surface area contributed by atoms with Crippen LogP contribution in [0, 0.1) is 0 Å². The number of benzene rings is 2. The molecule has 1 aromatic heterocycles. The molecule has 0 aliphatic heterocycles. The summed E-state index contributed by atoms with van der Waals surface area (Å²) in [4.78, 5) is 8.51. The van der Waals surface area contributed by atoms with Crippen LogP contribution in [0.3, 0.4) is 0 Å². The van der Waals surface area contributed by atoms with Crippen LogP contribution in [0.25, 0.3) is 11.4 Å². The minimum atomic E-state index is -0.0551. The van der Waals surface area contributed by atoms with Gasteiger partial charge >= 0.3 is 0 Å². The highest BCUT2D eigenvalue weighted by molar-refractivity contribution is 5.57. The molecule has 3 rings (SSSR count). The summed E-state index contributed by atoms with van der Waals surface area (Å²) in [6, 6.07) is 17.7. The lowest BCUT2D eigenvalue weighted by atomic mass is 10.2. The number of hydrogen-bond donors (Lipinski definition) is 1. The highest BCUT2D eigenvalue weighted by atomic mass is 16.5. The molecule has 4 nitrogen and oxygen atoms in total. The van der Waals surface area contributed by atoms with Gasteiger partial charge in [-0.25, -0.2) is 9.97 Å². The Bertz CT molecular complexity index is 728. The normalized spacial score (nSPS) is 10.4. The summed E-state index contributed by atoms with van der Waals surface area (Å²) >= 11 is 0. The van der Waals surface area contributed by atoms with E-state index in [4.69, 9.17) is 9.84 Å². The molecule has 2 aromatic carbocycles. The van der Waals surface area contributed by atoms with E-state index in [1.54, 1.807) is 12.4 Å². The van der Waals surface area contributed by atoms with Gasteiger partial charge in [-0.05, 0) is 17.7 Å². The van der Waals surface area contributed by atoms with Gasteiger partial charge in [-0.15, -0.1) is 0 Å². The number of rotatable bonds is 5. The first-order chi connectivity index (χ1) is 10.8. The molecule has 1 N–H and O–H groups in total. The van der Waals surface area contributed by atoms with E-state index >= 15 is 0 Å². The van der Waals surface area contributed by atoms with Crippen molar-refractivity contribution in [3.63, 3.8) is 0 Å². The highest BCUT2D eigenvalue weighted by Gasteiger charge is 2.03. The lowest BCUT2D eigenvalue weighted by Gasteiger charge is -2.08. The molecule has 0 fully saturated rings. The van der Waals surface area contributed by atoms with Crippen LogP contribution in [-0.4, -0.2) is 15.1 Å². The summed E-state index contributed by atoms with van der Waals surface area (Å²) in [6.45, 7) is 0.467. The second kappa shape index (κ2) is 6.83. The fourth-order valence-electron chi connectivity index (χ4n) is 2.05. The fourth-order valence-corrected chi connectivity index (χ4v) is 2.05. The average molecular weight is 292 g/mol. The monoisotopic (exact) mass is 292 g/mol. The minimum absolute atomic E-state index is 0.0551. The summed E-state index contributed by atoms with van der Waals surface area (Å²) in [5, 5.41) is 9.02. The number of nitrogens with zero attached hydrogens (tertiary/aromatic N) is 2. The Kier molecular flexibility index (Phi) is 4.41. The van der Waals surface area contributed by atoms with Crippen LogP contribution in [-0.2, 0) is 13.2 Å². The Morgan fingerprint density at radius 2 is 1.64 bits per heavy atom. The predicted molar refractivity (Wildman–Crippen MR) is 84.2 cm³/mol. The van der Waals surface area contributed by atoms with Crippen LogP contribution in [0.1, 0.15) is 11.1 Å². The van der Waals surface area contributed by atoms with E-state index in [9.17, 15) is 0 Å². The Morgan fingerprint density at radius 1 is 0.864 bits per heavy atom. The zero-order valence-corrected chi connectivity index (χ0v) is 12.0. The number of aromatic nitrogens is 2. The summed E-state index contributed by atoms with van der Waals surface area (Å²) in [5.74, 6) is 1.39. The molecule has 0 atom stereocenters. The number of aliphatic hydroxyl groups excluding tert-OH is 1. The van der Waals surface area contributed by atoms with E-state index in [1.165, 1.54) is 0 Å². The molecule has 0 spiro atoms. The average Bonchev–Trinajstić information content (AvgIpc) is 2.61. The maximum absolute atomic E-state index is 9.02. The standard InChI is InChI=1S/C18H16N2O2/c21-12-15-10-19-18(20-11-15)16-7-4-8-17(9-16)22-13-14-5-2-1-3-6-14/h1-11,21H,12-13H2. The third-order valence-corrected chi connectivity index (χ3v) is 3.23. The van der Waals surface area contributed by atoms with Gasteiger partial charge in [0, 0.05) is 23.5 Å². The van der Waals surface area contributed by atoms with E-state index in [-0.39, 0.29) is 6.61 Å². The molecule has 4 heteroatoms. The largest absolute Gasteiger partial charge is 0.489 e. The lowest BCUT2D eigenvalue weighted by Crippen LogP contribution is -1.96. The van der Waals surface area contributed by atoms with Crippen molar-refractivity contribution in [1.29, 1.82) is 0 Å². The van der Waals surface area contributed by atoms with E-state index in [0.717, 1.165) is 16.9 Å². The van der Waals surface area contributed by atoms with Gasteiger partial charge in [-0.1, -0.05) is 42.5 Å². The van der Waals surface area contributed by atoms with Crippen LogP contribution >= 0.6 is 0 Å². The third kappa shape index (κ3) is 3.48. The Labute approximate surface area is 129 Å². The van der Waals surface area contributed by atoms with Crippen LogP contribution in [0.2, 0.25) is 0 Å². The summed E-state index contributed by atoms with van der Waals surface area (Å²) in [6.07, 6.45) is 3.25. The SMILES string of the molecule is OCc1cnc(-c2cccc(OCc3ccccc3)c2)nc1. The lowest BCUT2D eigenvalue weighted by molar-refractivity contribution is 0.281. The highest BCUT2D eigenvalue weighted by Crippen LogP contribution is 2.21. The number of ether oxygens (including phenoxy) is 1. The van der Waals surface area contributed by atoms with Gasteiger partial charge in [0.15, 0.2) is 5.82 Å². The zero-order valence-electron chi connectivity index (χ0n) is 12.0. The van der Waals surface area contributed by atoms with Crippen molar-refractivity contribution < 1.29 is 9.84 Å². The van der Waals surface area contributed by atoms with E-state index in [1.807, 2.05) is 54.6 Å². The van der Waals surface area contributed by atoms with Crippen LogP contribution in [0.5, 0.6) is 5.75 Å². The van der Waals surface area contributed by atoms with Gasteiger partial charge in [0.1, 0.15) is 12.4 Å². The molecule has 0 aliphatic rings. The number of hydrogen-bond acceptors (Lipinski definition) is 4. The maximum Gasteiger partial charge on any atom is 0.159 e. The Hall–Kier alpha value is -2.72. The van der Waals surface area contributed by atoms with Crippen LogP contribution in [0.15, 0.2) is 67.0 Å². The summed E-state index contributed by atoms with van der Waals surface area (Å²) < 4.78 is 5.80. The molecular weight excluding hydrogens is 276 g/mol. The molecule has 0 aliphatic carbocycles. The maximum atomic E-state index is 9.02. The molecule has 1 heterocycles.